The molecule has 1 atom stereocenters. The molecule has 2 rings (SSSR count). The van der Waals surface area contributed by atoms with Crippen LogP contribution in [0.1, 0.15) is 25.3 Å². The number of hydrogen-bond acceptors (Lipinski definition) is 3. The Balaban J connectivity index is 2.05. The molecule has 0 radical (unpaired) electrons. The van der Waals surface area contributed by atoms with E-state index in [2.05, 4.69) is 6.92 Å². The zero-order chi connectivity index (χ0) is 11.4. The lowest BCUT2D eigenvalue weighted by Crippen LogP contribution is -1.99. The van der Waals surface area contributed by atoms with Crippen LogP contribution in [0.15, 0.2) is 24.3 Å². The summed E-state index contributed by atoms with van der Waals surface area (Å²) >= 11 is 0. The van der Waals surface area contributed by atoms with Gasteiger partial charge in [0.15, 0.2) is 11.5 Å². The Kier molecular flexibility index (Phi) is 3.47. The first-order valence-corrected chi connectivity index (χ1v) is 5.55. The van der Waals surface area contributed by atoms with Gasteiger partial charge in [-0.15, -0.1) is 0 Å². The third kappa shape index (κ3) is 2.55. The van der Waals surface area contributed by atoms with Gasteiger partial charge >= 0.3 is 0 Å². The van der Waals surface area contributed by atoms with Crippen molar-refractivity contribution >= 4 is 6.08 Å². The van der Waals surface area contributed by atoms with E-state index >= 15 is 0 Å². The largest absolute Gasteiger partial charge is 0.454 e. The third-order valence-electron chi connectivity index (χ3n) is 2.49. The van der Waals surface area contributed by atoms with Gasteiger partial charge < -0.3 is 14.6 Å². The molecule has 1 unspecified atom stereocenters. The lowest BCUT2D eigenvalue weighted by Gasteiger charge is -2.02. The average Bonchev–Trinajstić information content (AvgIpc) is 2.74. The molecule has 1 aromatic rings. The Labute approximate surface area is 95.3 Å². The normalized spacial score (nSPS) is 15.6. The predicted octanol–water partition coefficient (Wildman–Crippen LogP) is 2.59. The first-order valence-electron chi connectivity index (χ1n) is 5.55. The van der Waals surface area contributed by atoms with Crippen LogP contribution in [0.25, 0.3) is 6.08 Å². The third-order valence-corrected chi connectivity index (χ3v) is 2.49. The maximum absolute atomic E-state index is 9.56. The van der Waals surface area contributed by atoms with E-state index in [1.54, 1.807) is 6.08 Å². The summed E-state index contributed by atoms with van der Waals surface area (Å²) in [5.74, 6) is 1.55. The molecule has 1 aliphatic rings. The molecule has 0 fully saturated rings. The van der Waals surface area contributed by atoms with Gasteiger partial charge in [0.05, 0.1) is 6.10 Å². The van der Waals surface area contributed by atoms with E-state index in [1.165, 1.54) is 0 Å². The summed E-state index contributed by atoms with van der Waals surface area (Å²) in [4.78, 5) is 0. The molecule has 0 saturated carbocycles. The molecular weight excluding hydrogens is 204 g/mol. The predicted molar refractivity (Wildman–Crippen MR) is 62.5 cm³/mol. The molecular formula is C13H16O3. The molecule has 1 N–H and O–H groups in total. The number of fused-ring (bicyclic) bond motifs is 1. The van der Waals surface area contributed by atoms with E-state index in [9.17, 15) is 5.11 Å². The Bertz CT molecular complexity index is 385. The van der Waals surface area contributed by atoms with Crippen LogP contribution in [0.5, 0.6) is 11.5 Å². The summed E-state index contributed by atoms with van der Waals surface area (Å²) in [6, 6.07) is 5.74. The highest BCUT2D eigenvalue weighted by Gasteiger charge is 2.12. The number of benzene rings is 1. The number of hydrogen-bond donors (Lipinski definition) is 1. The van der Waals surface area contributed by atoms with Crippen LogP contribution in [0, 0.1) is 0 Å². The summed E-state index contributed by atoms with van der Waals surface area (Å²) in [7, 11) is 0. The quantitative estimate of drug-likeness (QED) is 0.847. The van der Waals surface area contributed by atoms with Gasteiger partial charge in [-0.25, -0.2) is 0 Å². The molecule has 86 valence electrons. The molecule has 16 heavy (non-hydrogen) atoms. The van der Waals surface area contributed by atoms with Crippen molar-refractivity contribution in [1.82, 2.24) is 0 Å². The van der Waals surface area contributed by atoms with Gasteiger partial charge in [-0.3, -0.25) is 0 Å². The van der Waals surface area contributed by atoms with E-state index in [0.717, 1.165) is 29.9 Å². The highest BCUT2D eigenvalue weighted by atomic mass is 16.7. The Morgan fingerprint density at radius 1 is 1.38 bits per heavy atom. The summed E-state index contributed by atoms with van der Waals surface area (Å²) in [5, 5.41) is 9.56. The fourth-order valence-corrected chi connectivity index (χ4v) is 1.63. The van der Waals surface area contributed by atoms with E-state index in [1.807, 2.05) is 24.3 Å². The van der Waals surface area contributed by atoms with Crippen molar-refractivity contribution in [3.8, 4) is 11.5 Å². The standard InChI is InChI=1S/C13H16O3/c1-2-3-11(14)6-4-10-5-7-12-13(8-10)16-9-15-12/h4-8,11,14H,2-3,9H2,1H3. The van der Waals surface area contributed by atoms with Crippen LogP contribution in [-0.4, -0.2) is 18.0 Å². The molecule has 0 aliphatic carbocycles. The second-order valence-electron chi connectivity index (χ2n) is 3.83. The Morgan fingerprint density at radius 3 is 3.00 bits per heavy atom. The number of rotatable bonds is 4. The molecule has 0 aromatic heterocycles. The number of ether oxygens (including phenoxy) is 2. The lowest BCUT2D eigenvalue weighted by atomic mass is 10.1. The molecule has 3 nitrogen and oxygen atoms in total. The minimum Gasteiger partial charge on any atom is -0.454 e. The Hall–Kier alpha value is -1.48. The fraction of sp³-hybridized carbons (Fsp3) is 0.385. The van der Waals surface area contributed by atoms with Crippen LogP contribution < -0.4 is 9.47 Å². The van der Waals surface area contributed by atoms with Crippen molar-refractivity contribution in [2.45, 2.75) is 25.9 Å². The highest BCUT2D eigenvalue weighted by molar-refractivity contribution is 5.56. The van der Waals surface area contributed by atoms with Gasteiger partial charge in [-0.1, -0.05) is 31.6 Å². The Morgan fingerprint density at radius 2 is 2.19 bits per heavy atom. The summed E-state index contributed by atoms with van der Waals surface area (Å²) in [6.45, 7) is 2.35. The number of aliphatic hydroxyl groups is 1. The van der Waals surface area contributed by atoms with Crippen molar-refractivity contribution in [3.63, 3.8) is 0 Å². The lowest BCUT2D eigenvalue weighted by molar-refractivity contribution is 0.174. The number of aliphatic hydroxyl groups excluding tert-OH is 1. The first-order chi connectivity index (χ1) is 7.79. The van der Waals surface area contributed by atoms with Gasteiger partial charge in [0, 0.05) is 0 Å². The minimum atomic E-state index is -0.365. The smallest absolute Gasteiger partial charge is 0.231 e. The van der Waals surface area contributed by atoms with Crippen LogP contribution >= 0.6 is 0 Å². The molecule has 3 heteroatoms. The van der Waals surface area contributed by atoms with Crippen LogP contribution in [0.2, 0.25) is 0 Å². The van der Waals surface area contributed by atoms with Gasteiger partial charge in [-0.2, -0.15) is 0 Å². The maximum atomic E-state index is 9.56. The second kappa shape index (κ2) is 5.03. The first kappa shape index (κ1) is 11.0. The minimum absolute atomic E-state index is 0.293. The van der Waals surface area contributed by atoms with E-state index < -0.39 is 0 Å². The molecule has 0 amide bonds. The molecule has 1 heterocycles. The summed E-state index contributed by atoms with van der Waals surface area (Å²) in [5.41, 5.74) is 1.01. The fourth-order valence-electron chi connectivity index (χ4n) is 1.63. The zero-order valence-electron chi connectivity index (χ0n) is 9.35. The van der Waals surface area contributed by atoms with Crippen molar-refractivity contribution in [3.05, 3.63) is 29.8 Å². The molecule has 0 bridgehead atoms. The molecule has 0 spiro atoms. The van der Waals surface area contributed by atoms with Gasteiger partial charge in [0.2, 0.25) is 6.79 Å². The monoisotopic (exact) mass is 220 g/mol. The molecule has 0 saturated heterocycles. The molecule has 1 aromatic carbocycles. The van der Waals surface area contributed by atoms with Gasteiger partial charge in [-0.05, 0) is 24.1 Å². The van der Waals surface area contributed by atoms with Crippen molar-refractivity contribution in [2.75, 3.05) is 6.79 Å². The SMILES string of the molecule is CCCC(O)C=Cc1ccc2c(c1)OCO2. The summed E-state index contributed by atoms with van der Waals surface area (Å²) in [6.07, 6.45) is 5.12. The van der Waals surface area contributed by atoms with Crippen LogP contribution in [0.3, 0.4) is 0 Å². The molecule has 1 aliphatic heterocycles. The van der Waals surface area contributed by atoms with E-state index in [0.29, 0.717) is 6.79 Å². The topological polar surface area (TPSA) is 38.7 Å². The maximum Gasteiger partial charge on any atom is 0.231 e. The van der Waals surface area contributed by atoms with Crippen molar-refractivity contribution < 1.29 is 14.6 Å². The average molecular weight is 220 g/mol. The highest BCUT2D eigenvalue weighted by Crippen LogP contribution is 2.32. The van der Waals surface area contributed by atoms with E-state index in [4.69, 9.17) is 9.47 Å². The van der Waals surface area contributed by atoms with Crippen LogP contribution in [-0.2, 0) is 0 Å². The van der Waals surface area contributed by atoms with E-state index in [-0.39, 0.29) is 6.10 Å². The van der Waals surface area contributed by atoms with Gasteiger partial charge in [0.1, 0.15) is 0 Å². The van der Waals surface area contributed by atoms with Crippen molar-refractivity contribution in [1.29, 1.82) is 0 Å². The summed E-state index contributed by atoms with van der Waals surface area (Å²) < 4.78 is 10.5. The zero-order valence-corrected chi connectivity index (χ0v) is 9.35. The van der Waals surface area contributed by atoms with Gasteiger partial charge in [0.25, 0.3) is 0 Å². The van der Waals surface area contributed by atoms with Crippen LogP contribution in [0.4, 0.5) is 0 Å². The van der Waals surface area contributed by atoms with Crippen molar-refractivity contribution in [2.24, 2.45) is 0 Å². The second-order valence-corrected chi connectivity index (χ2v) is 3.83.